The van der Waals surface area contributed by atoms with Gasteiger partial charge in [0, 0.05) is 24.3 Å². The number of hydrogen-bond acceptors (Lipinski definition) is 4. The Hall–Kier alpha value is -1.84. The molecule has 0 bridgehead atoms. The maximum absolute atomic E-state index is 11.7. The van der Waals surface area contributed by atoms with E-state index in [9.17, 15) is 9.59 Å². The molecule has 20 heavy (non-hydrogen) atoms. The summed E-state index contributed by atoms with van der Waals surface area (Å²) < 4.78 is 5.07. The molecule has 0 spiro atoms. The van der Waals surface area contributed by atoms with Crippen molar-refractivity contribution < 1.29 is 14.3 Å². The first kappa shape index (κ1) is 14.6. The Labute approximate surface area is 119 Å². The van der Waals surface area contributed by atoms with Gasteiger partial charge in [-0.15, -0.1) is 0 Å². The summed E-state index contributed by atoms with van der Waals surface area (Å²) in [6.45, 7) is 5.42. The minimum Gasteiger partial charge on any atom is -0.466 e. The standard InChI is InChI=1S/C16H21NO3/c1-3-20-16(19)13-8-10-17(11-9-13)15-7-5-4-6-14(15)12(2)18/h4-7,13H,3,8-11H2,1-2H3. The van der Waals surface area contributed by atoms with Crippen molar-refractivity contribution in [3.05, 3.63) is 29.8 Å². The van der Waals surface area contributed by atoms with Crippen LogP contribution in [0.1, 0.15) is 37.0 Å². The number of ether oxygens (including phenoxy) is 1. The van der Waals surface area contributed by atoms with Gasteiger partial charge in [0.2, 0.25) is 0 Å². The monoisotopic (exact) mass is 275 g/mol. The van der Waals surface area contributed by atoms with Gasteiger partial charge in [0.15, 0.2) is 5.78 Å². The zero-order valence-electron chi connectivity index (χ0n) is 12.1. The molecule has 0 atom stereocenters. The second-order valence-corrected chi connectivity index (χ2v) is 5.09. The number of ketones is 1. The van der Waals surface area contributed by atoms with Gasteiger partial charge in [-0.05, 0) is 38.8 Å². The number of anilines is 1. The van der Waals surface area contributed by atoms with Crippen molar-refractivity contribution in [1.29, 1.82) is 0 Å². The van der Waals surface area contributed by atoms with E-state index in [4.69, 9.17) is 4.74 Å². The highest BCUT2D eigenvalue weighted by Gasteiger charge is 2.27. The fraction of sp³-hybridized carbons (Fsp3) is 0.500. The summed E-state index contributed by atoms with van der Waals surface area (Å²) in [7, 11) is 0. The van der Waals surface area contributed by atoms with Crippen LogP contribution in [-0.4, -0.2) is 31.4 Å². The first-order chi connectivity index (χ1) is 9.63. The summed E-state index contributed by atoms with van der Waals surface area (Å²) in [6, 6.07) is 7.65. The largest absolute Gasteiger partial charge is 0.466 e. The predicted molar refractivity (Wildman–Crippen MR) is 78.0 cm³/mol. The Morgan fingerprint density at radius 1 is 1.25 bits per heavy atom. The number of nitrogens with zero attached hydrogens (tertiary/aromatic N) is 1. The van der Waals surface area contributed by atoms with Gasteiger partial charge in [-0.1, -0.05) is 12.1 Å². The van der Waals surface area contributed by atoms with Crippen LogP contribution >= 0.6 is 0 Å². The fourth-order valence-electron chi connectivity index (χ4n) is 2.66. The molecule has 108 valence electrons. The van der Waals surface area contributed by atoms with Crippen molar-refractivity contribution in [1.82, 2.24) is 0 Å². The summed E-state index contributed by atoms with van der Waals surface area (Å²) >= 11 is 0. The summed E-state index contributed by atoms with van der Waals surface area (Å²) in [5.74, 6) is -0.0178. The topological polar surface area (TPSA) is 46.6 Å². The number of piperidine rings is 1. The van der Waals surface area contributed by atoms with Crippen molar-refractivity contribution in [3.8, 4) is 0 Å². The molecular formula is C16H21NO3. The second-order valence-electron chi connectivity index (χ2n) is 5.09. The molecule has 0 aromatic heterocycles. The van der Waals surface area contributed by atoms with Crippen LogP contribution in [0.15, 0.2) is 24.3 Å². The van der Waals surface area contributed by atoms with Crippen LogP contribution in [0.4, 0.5) is 5.69 Å². The van der Waals surface area contributed by atoms with E-state index in [0.29, 0.717) is 6.61 Å². The average Bonchev–Trinajstić information content (AvgIpc) is 2.47. The lowest BCUT2D eigenvalue weighted by atomic mass is 9.95. The molecular weight excluding hydrogens is 254 g/mol. The number of hydrogen-bond donors (Lipinski definition) is 0. The number of carbonyl (C=O) groups excluding carboxylic acids is 2. The summed E-state index contributed by atoms with van der Waals surface area (Å²) in [6.07, 6.45) is 1.57. The van der Waals surface area contributed by atoms with Crippen LogP contribution in [0.5, 0.6) is 0 Å². The summed E-state index contributed by atoms with van der Waals surface area (Å²) in [4.78, 5) is 25.6. The highest BCUT2D eigenvalue weighted by molar-refractivity contribution is 5.99. The van der Waals surface area contributed by atoms with E-state index < -0.39 is 0 Å². The molecule has 2 rings (SSSR count). The molecule has 1 saturated heterocycles. The van der Waals surface area contributed by atoms with Crippen LogP contribution in [0, 0.1) is 5.92 Å². The van der Waals surface area contributed by atoms with E-state index in [-0.39, 0.29) is 17.7 Å². The normalized spacial score (nSPS) is 16.0. The molecule has 0 radical (unpaired) electrons. The molecule has 1 aromatic rings. The van der Waals surface area contributed by atoms with E-state index in [1.807, 2.05) is 31.2 Å². The van der Waals surface area contributed by atoms with Crippen LogP contribution < -0.4 is 4.90 Å². The SMILES string of the molecule is CCOC(=O)C1CCN(c2ccccc2C(C)=O)CC1. The molecule has 0 unspecified atom stereocenters. The van der Waals surface area contributed by atoms with Gasteiger partial charge in [0.1, 0.15) is 0 Å². The maximum Gasteiger partial charge on any atom is 0.309 e. The van der Waals surface area contributed by atoms with Gasteiger partial charge in [-0.3, -0.25) is 9.59 Å². The number of carbonyl (C=O) groups is 2. The van der Waals surface area contributed by atoms with Gasteiger partial charge in [0.05, 0.1) is 12.5 Å². The van der Waals surface area contributed by atoms with Gasteiger partial charge in [-0.25, -0.2) is 0 Å². The summed E-state index contributed by atoms with van der Waals surface area (Å²) in [5.41, 5.74) is 1.73. The molecule has 1 aromatic carbocycles. The zero-order chi connectivity index (χ0) is 14.5. The first-order valence-electron chi connectivity index (χ1n) is 7.15. The predicted octanol–water partition coefficient (Wildman–Crippen LogP) is 2.67. The van der Waals surface area contributed by atoms with Crippen LogP contribution in [0.25, 0.3) is 0 Å². The number of Topliss-reactive ketones (excluding diaryl/α,β-unsaturated/α-hetero) is 1. The molecule has 0 N–H and O–H groups in total. The molecule has 1 heterocycles. The molecule has 1 aliphatic rings. The van der Waals surface area contributed by atoms with Gasteiger partial charge in [0.25, 0.3) is 0 Å². The van der Waals surface area contributed by atoms with Crippen molar-refractivity contribution in [3.63, 3.8) is 0 Å². The summed E-state index contributed by atoms with van der Waals surface area (Å²) in [5, 5.41) is 0. The minimum atomic E-state index is -0.0907. The van der Waals surface area contributed by atoms with Crippen LogP contribution in [0.3, 0.4) is 0 Å². The molecule has 4 nitrogen and oxygen atoms in total. The van der Waals surface area contributed by atoms with Crippen LogP contribution in [-0.2, 0) is 9.53 Å². The molecule has 1 fully saturated rings. The number of para-hydroxylation sites is 1. The van der Waals surface area contributed by atoms with Crippen molar-refractivity contribution in [2.75, 3.05) is 24.6 Å². The third-order valence-corrected chi connectivity index (χ3v) is 3.74. The van der Waals surface area contributed by atoms with E-state index in [1.54, 1.807) is 6.92 Å². The smallest absolute Gasteiger partial charge is 0.309 e. The van der Waals surface area contributed by atoms with Crippen LogP contribution in [0.2, 0.25) is 0 Å². The molecule has 4 heteroatoms. The lowest BCUT2D eigenvalue weighted by molar-refractivity contribution is -0.148. The van der Waals surface area contributed by atoms with E-state index >= 15 is 0 Å². The Bertz CT molecular complexity index is 490. The quantitative estimate of drug-likeness (QED) is 0.626. The molecule has 1 aliphatic heterocycles. The third-order valence-electron chi connectivity index (χ3n) is 3.74. The number of benzene rings is 1. The highest BCUT2D eigenvalue weighted by Crippen LogP contribution is 2.27. The molecule has 0 saturated carbocycles. The second kappa shape index (κ2) is 6.55. The average molecular weight is 275 g/mol. The Kier molecular flexibility index (Phi) is 4.77. The maximum atomic E-state index is 11.7. The van der Waals surface area contributed by atoms with E-state index in [0.717, 1.165) is 37.2 Å². The minimum absolute atomic E-state index is 0.00399. The number of rotatable bonds is 4. The zero-order valence-corrected chi connectivity index (χ0v) is 12.1. The van der Waals surface area contributed by atoms with Crippen molar-refractivity contribution >= 4 is 17.4 Å². The molecule has 0 amide bonds. The van der Waals surface area contributed by atoms with Gasteiger partial charge in [-0.2, -0.15) is 0 Å². The lowest BCUT2D eigenvalue weighted by Crippen LogP contribution is -2.37. The van der Waals surface area contributed by atoms with Crippen molar-refractivity contribution in [2.45, 2.75) is 26.7 Å². The van der Waals surface area contributed by atoms with E-state index in [1.165, 1.54) is 0 Å². The third kappa shape index (κ3) is 3.18. The van der Waals surface area contributed by atoms with Gasteiger partial charge < -0.3 is 9.64 Å². The Morgan fingerprint density at radius 2 is 1.90 bits per heavy atom. The Balaban J connectivity index is 2.04. The Morgan fingerprint density at radius 3 is 2.50 bits per heavy atom. The lowest BCUT2D eigenvalue weighted by Gasteiger charge is -2.33. The number of esters is 1. The highest BCUT2D eigenvalue weighted by atomic mass is 16.5. The first-order valence-corrected chi connectivity index (χ1v) is 7.15. The van der Waals surface area contributed by atoms with Gasteiger partial charge >= 0.3 is 5.97 Å². The molecule has 0 aliphatic carbocycles. The van der Waals surface area contributed by atoms with Crippen molar-refractivity contribution in [2.24, 2.45) is 5.92 Å². The fourth-order valence-corrected chi connectivity index (χ4v) is 2.66. The van der Waals surface area contributed by atoms with E-state index in [2.05, 4.69) is 4.90 Å².